The summed E-state index contributed by atoms with van der Waals surface area (Å²) in [6.07, 6.45) is 2.02. The van der Waals surface area contributed by atoms with Crippen molar-refractivity contribution in [1.29, 1.82) is 0 Å². The van der Waals surface area contributed by atoms with E-state index in [0.29, 0.717) is 5.25 Å². The van der Waals surface area contributed by atoms with E-state index in [-0.39, 0.29) is 5.79 Å². The van der Waals surface area contributed by atoms with Crippen LogP contribution in [-0.4, -0.2) is 24.8 Å². The number of ether oxygens (including phenoxy) is 2. The van der Waals surface area contributed by atoms with Gasteiger partial charge in [0.25, 0.3) is 0 Å². The molecule has 3 rings (SSSR count). The molecule has 1 aromatic rings. The molecular formula is C13H16O2S. The molecule has 3 heteroatoms. The molecule has 0 saturated carbocycles. The Morgan fingerprint density at radius 1 is 1.12 bits per heavy atom. The molecule has 1 atom stereocenters. The van der Waals surface area contributed by atoms with Crippen molar-refractivity contribution in [2.45, 2.75) is 23.9 Å². The first-order chi connectivity index (χ1) is 7.88. The van der Waals surface area contributed by atoms with Crippen molar-refractivity contribution in [3.05, 3.63) is 35.9 Å². The van der Waals surface area contributed by atoms with Crippen LogP contribution >= 0.6 is 11.8 Å². The number of thioether (sulfide) groups is 1. The summed E-state index contributed by atoms with van der Waals surface area (Å²) >= 11 is 2.02. The minimum Gasteiger partial charge on any atom is -0.347 e. The van der Waals surface area contributed by atoms with Crippen molar-refractivity contribution >= 4 is 11.8 Å². The average Bonchev–Trinajstić information content (AvgIpc) is 2.78. The summed E-state index contributed by atoms with van der Waals surface area (Å²) in [5.41, 5.74) is 1.39. The molecule has 2 aliphatic heterocycles. The van der Waals surface area contributed by atoms with Gasteiger partial charge in [0.1, 0.15) is 0 Å². The highest BCUT2D eigenvalue weighted by Gasteiger charge is 2.41. The van der Waals surface area contributed by atoms with Crippen LogP contribution in [0.5, 0.6) is 0 Å². The summed E-state index contributed by atoms with van der Waals surface area (Å²) in [6, 6.07) is 10.7. The number of hydrogen-bond donors (Lipinski definition) is 0. The monoisotopic (exact) mass is 236 g/mol. The van der Waals surface area contributed by atoms with Gasteiger partial charge < -0.3 is 9.47 Å². The van der Waals surface area contributed by atoms with Gasteiger partial charge in [0.2, 0.25) is 0 Å². The molecule has 2 heterocycles. The zero-order valence-electron chi connectivity index (χ0n) is 9.22. The van der Waals surface area contributed by atoms with E-state index >= 15 is 0 Å². The summed E-state index contributed by atoms with van der Waals surface area (Å²) in [7, 11) is 0. The molecule has 0 radical (unpaired) electrons. The van der Waals surface area contributed by atoms with E-state index in [1.165, 1.54) is 5.56 Å². The Hall–Kier alpha value is -0.510. The molecule has 0 amide bonds. The van der Waals surface area contributed by atoms with Gasteiger partial charge in [0, 0.05) is 18.1 Å². The van der Waals surface area contributed by atoms with E-state index in [2.05, 4.69) is 30.3 Å². The van der Waals surface area contributed by atoms with Crippen molar-refractivity contribution in [3.63, 3.8) is 0 Å². The molecule has 0 aromatic heterocycles. The Morgan fingerprint density at radius 2 is 1.88 bits per heavy atom. The summed E-state index contributed by atoms with van der Waals surface area (Å²) in [6.45, 7) is 1.51. The van der Waals surface area contributed by atoms with Crippen molar-refractivity contribution in [2.75, 3.05) is 19.0 Å². The predicted molar refractivity (Wildman–Crippen MR) is 65.5 cm³/mol. The fourth-order valence-electron chi connectivity index (χ4n) is 2.44. The lowest BCUT2D eigenvalue weighted by molar-refractivity contribution is -0.165. The topological polar surface area (TPSA) is 18.5 Å². The van der Waals surface area contributed by atoms with Crippen molar-refractivity contribution < 1.29 is 9.47 Å². The van der Waals surface area contributed by atoms with Gasteiger partial charge >= 0.3 is 0 Å². The largest absolute Gasteiger partial charge is 0.347 e. The minimum absolute atomic E-state index is 0.272. The lowest BCUT2D eigenvalue weighted by Gasteiger charge is -2.36. The number of benzene rings is 1. The van der Waals surface area contributed by atoms with Crippen LogP contribution in [0.3, 0.4) is 0 Å². The highest BCUT2D eigenvalue weighted by Crippen LogP contribution is 2.46. The molecule has 86 valence electrons. The van der Waals surface area contributed by atoms with E-state index in [4.69, 9.17) is 9.47 Å². The van der Waals surface area contributed by atoms with Gasteiger partial charge in [-0.25, -0.2) is 0 Å². The summed E-state index contributed by atoms with van der Waals surface area (Å²) in [5.74, 6) is 0.852. The highest BCUT2D eigenvalue weighted by molar-refractivity contribution is 7.99. The van der Waals surface area contributed by atoms with Gasteiger partial charge in [-0.15, -0.1) is 0 Å². The van der Waals surface area contributed by atoms with Crippen LogP contribution in [0.15, 0.2) is 30.3 Å². The quantitative estimate of drug-likeness (QED) is 0.747. The SMILES string of the molecule is c1ccc(C2CC3(CCS2)OCCO3)cc1. The Morgan fingerprint density at radius 3 is 2.62 bits per heavy atom. The van der Waals surface area contributed by atoms with Gasteiger partial charge in [-0.3, -0.25) is 0 Å². The van der Waals surface area contributed by atoms with E-state index in [1.807, 2.05) is 11.8 Å². The third-order valence-electron chi connectivity index (χ3n) is 3.28. The fraction of sp³-hybridized carbons (Fsp3) is 0.538. The summed E-state index contributed by atoms with van der Waals surface area (Å²) < 4.78 is 11.6. The van der Waals surface area contributed by atoms with E-state index < -0.39 is 0 Å². The first-order valence-electron chi connectivity index (χ1n) is 5.82. The van der Waals surface area contributed by atoms with Crippen LogP contribution in [-0.2, 0) is 9.47 Å². The molecule has 16 heavy (non-hydrogen) atoms. The highest BCUT2D eigenvalue weighted by atomic mass is 32.2. The average molecular weight is 236 g/mol. The zero-order valence-corrected chi connectivity index (χ0v) is 10.0. The van der Waals surface area contributed by atoms with Gasteiger partial charge in [0.15, 0.2) is 5.79 Å². The van der Waals surface area contributed by atoms with Gasteiger partial charge in [0.05, 0.1) is 13.2 Å². The fourth-order valence-corrected chi connectivity index (χ4v) is 3.88. The van der Waals surface area contributed by atoms with Crippen LogP contribution in [0.1, 0.15) is 23.7 Å². The molecule has 1 aromatic carbocycles. The van der Waals surface area contributed by atoms with Crippen molar-refractivity contribution in [1.82, 2.24) is 0 Å². The smallest absolute Gasteiger partial charge is 0.170 e. The minimum atomic E-state index is -0.272. The second kappa shape index (κ2) is 4.40. The van der Waals surface area contributed by atoms with Crippen molar-refractivity contribution in [2.24, 2.45) is 0 Å². The summed E-state index contributed by atoms with van der Waals surface area (Å²) in [4.78, 5) is 0. The first-order valence-corrected chi connectivity index (χ1v) is 6.87. The molecular weight excluding hydrogens is 220 g/mol. The first kappa shape index (κ1) is 10.6. The Kier molecular flexibility index (Phi) is 2.92. The third kappa shape index (κ3) is 1.99. The lowest BCUT2D eigenvalue weighted by atomic mass is 10.0. The summed E-state index contributed by atoms with van der Waals surface area (Å²) in [5, 5.41) is 0.521. The van der Waals surface area contributed by atoms with Crippen LogP contribution in [0.25, 0.3) is 0 Å². The lowest BCUT2D eigenvalue weighted by Crippen LogP contribution is -2.35. The van der Waals surface area contributed by atoms with E-state index in [9.17, 15) is 0 Å². The second-order valence-corrected chi connectivity index (χ2v) is 5.64. The number of hydrogen-bond acceptors (Lipinski definition) is 3. The van der Waals surface area contributed by atoms with Gasteiger partial charge in [-0.05, 0) is 11.3 Å². The van der Waals surface area contributed by atoms with Crippen LogP contribution in [0.4, 0.5) is 0 Å². The second-order valence-electron chi connectivity index (χ2n) is 4.33. The zero-order chi connectivity index (χ0) is 10.8. The molecule has 1 spiro atoms. The maximum absolute atomic E-state index is 5.80. The maximum Gasteiger partial charge on any atom is 0.170 e. The molecule has 0 N–H and O–H groups in total. The Bertz CT molecular complexity index is 346. The molecule has 2 aliphatic rings. The molecule has 0 bridgehead atoms. The van der Waals surface area contributed by atoms with Crippen LogP contribution < -0.4 is 0 Å². The predicted octanol–water partition coefficient (Wildman–Crippen LogP) is 3.00. The van der Waals surface area contributed by atoms with E-state index in [1.54, 1.807) is 0 Å². The Labute approximate surface area is 100 Å². The normalized spacial score (nSPS) is 28.4. The Balaban J connectivity index is 1.77. The molecule has 1 unspecified atom stereocenters. The van der Waals surface area contributed by atoms with Gasteiger partial charge in [-0.1, -0.05) is 30.3 Å². The number of rotatable bonds is 1. The van der Waals surface area contributed by atoms with Crippen LogP contribution in [0, 0.1) is 0 Å². The molecule has 2 saturated heterocycles. The third-order valence-corrected chi connectivity index (χ3v) is 4.56. The standard InChI is InChI=1S/C13H16O2S/c1-2-4-11(5-3-1)12-10-13(6-9-16-12)14-7-8-15-13/h1-5,12H,6-10H2. The molecule has 2 fully saturated rings. The van der Waals surface area contributed by atoms with Crippen LogP contribution in [0.2, 0.25) is 0 Å². The maximum atomic E-state index is 5.80. The molecule has 0 aliphatic carbocycles. The molecule has 2 nitrogen and oxygen atoms in total. The van der Waals surface area contributed by atoms with Gasteiger partial charge in [-0.2, -0.15) is 11.8 Å². The van der Waals surface area contributed by atoms with E-state index in [0.717, 1.165) is 31.8 Å². The van der Waals surface area contributed by atoms with Crippen molar-refractivity contribution in [3.8, 4) is 0 Å².